The van der Waals surface area contributed by atoms with E-state index in [1.165, 1.54) is 23.9 Å². The highest BCUT2D eigenvalue weighted by atomic mass is 16.5. The van der Waals surface area contributed by atoms with Crippen molar-refractivity contribution in [3.63, 3.8) is 0 Å². The Morgan fingerprint density at radius 3 is 2.44 bits per heavy atom. The van der Waals surface area contributed by atoms with Gasteiger partial charge in [0, 0.05) is 48.7 Å². The van der Waals surface area contributed by atoms with Crippen molar-refractivity contribution in [3.8, 4) is 0 Å². The van der Waals surface area contributed by atoms with Gasteiger partial charge in [-0.3, -0.25) is 4.79 Å². The largest absolute Gasteiger partial charge is 0.378 e. The van der Waals surface area contributed by atoms with Crippen molar-refractivity contribution >= 4 is 35.7 Å². The van der Waals surface area contributed by atoms with E-state index in [-0.39, 0.29) is 11.3 Å². The fraction of sp³-hybridized carbons (Fsp3) is 0.320. The van der Waals surface area contributed by atoms with E-state index >= 15 is 0 Å². The molecule has 0 N–H and O–H groups in total. The molecular weight excluding hydrogens is 399 g/mol. The molecule has 6 nitrogen and oxygen atoms in total. The number of carbonyl (C=O) groups is 1. The highest BCUT2D eigenvalue weighted by molar-refractivity contribution is 6.67. The zero-order chi connectivity index (χ0) is 21.5. The molecule has 2 aromatic carbocycles. The number of rotatable bonds is 4. The summed E-state index contributed by atoms with van der Waals surface area (Å²) in [6.45, 7) is 3.39. The molecule has 1 saturated heterocycles. The Labute approximate surface area is 188 Å². The molecule has 0 unspecified atom stereocenters. The van der Waals surface area contributed by atoms with Crippen LogP contribution in [0.2, 0.25) is 0 Å². The fourth-order valence-corrected chi connectivity index (χ4v) is 4.93. The van der Waals surface area contributed by atoms with E-state index < -0.39 is 0 Å². The average Bonchev–Trinajstić information content (AvgIpc) is 3.57. The number of aromatic nitrogens is 2. The lowest BCUT2D eigenvalue weighted by Gasteiger charge is -2.27. The summed E-state index contributed by atoms with van der Waals surface area (Å²) in [7, 11) is 0.819. The summed E-state index contributed by atoms with van der Waals surface area (Å²) in [6.07, 6.45) is 6.21. The molecule has 0 atom stereocenters. The summed E-state index contributed by atoms with van der Waals surface area (Å²) < 4.78 is 5.40. The first-order valence-corrected chi connectivity index (χ1v) is 11.4. The van der Waals surface area contributed by atoms with Gasteiger partial charge in [0.2, 0.25) is 5.95 Å². The molecule has 1 aliphatic carbocycles. The van der Waals surface area contributed by atoms with Crippen LogP contribution in [0.1, 0.15) is 28.8 Å². The first-order chi connectivity index (χ1) is 15.7. The fourth-order valence-electron chi connectivity index (χ4n) is 4.93. The highest BCUT2D eigenvalue weighted by Gasteiger charge is 2.52. The number of morpholine rings is 1. The summed E-state index contributed by atoms with van der Waals surface area (Å²) >= 11 is 0. The van der Waals surface area contributed by atoms with E-state index in [4.69, 9.17) is 14.7 Å². The zero-order valence-corrected chi connectivity index (χ0v) is 18.0. The van der Waals surface area contributed by atoms with Gasteiger partial charge in [0.15, 0.2) is 7.28 Å². The lowest BCUT2D eigenvalue weighted by atomic mass is 9.65. The van der Waals surface area contributed by atoms with Crippen LogP contribution in [-0.4, -0.2) is 60.9 Å². The van der Waals surface area contributed by atoms with Crippen molar-refractivity contribution in [1.29, 1.82) is 0 Å². The monoisotopic (exact) mass is 424 g/mol. The molecule has 2 aliphatic heterocycles. The van der Waals surface area contributed by atoms with Crippen molar-refractivity contribution in [2.24, 2.45) is 0 Å². The van der Waals surface area contributed by atoms with Crippen LogP contribution in [0, 0.1) is 0 Å². The predicted octanol–water partition coefficient (Wildman–Crippen LogP) is 1.52. The summed E-state index contributed by atoms with van der Waals surface area (Å²) in [5.74, 6) is 0.787. The summed E-state index contributed by atoms with van der Waals surface area (Å²) in [5, 5.41) is 0. The molecule has 7 heteroatoms. The van der Waals surface area contributed by atoms with Crippen molar-refractivity contribution in [3.05, 3.63) is 72.1 Å². The van der Waals surface area contributed by atoms with Crippen LogP contribution in [0.3, 0.4) is 0 Å². The molecule has 1 saturated carbocycles. The van der Waals surface area contributed by atoms with Gasteiger partial charge in [-0.05, 0) is 36.0 Å². The van der Waals surface area contributed by atoms with Gasteiger partial charge in [0.25, 0.3) is 5.91 Å². The van der Waals surface area contributed by atoms with Gasteiger partial charge in [-0.15, -0.1) is 0 Å². The third-order valence-corrected chi connectivity index (χ3v) is 6.90. The first-order valence-electron chi connectivity index (χ1n) is 11.4. The molecule has 2 fully saturated rings. The van der Waals surface area contributed by atoms with Crippen molar-refractivity contribution in [2.45, 2.75) is 18.3 Å². The van der Waals surface area contributed by atoms with Gasteiger partial charge in [0.1, 0.15) is 0 Å². The Bertz CT molecular complexity index is 1140. The number of carbonyl (C=O) groups excluding carboxylic acids is 1. The van der Waals surface area contributed by atoms with Gasteiger partial charge in [-0.2, -0.15) is 0 Å². The van der Waals surface area contributed by atoms with Gasteiger partial charge in [-0.1, -0.05) is 41.9 Å². The standard InChI is InChI=1S/C25H25BN4O2/c31-23(29-10-12-32-13-11-29)18-6-7-21-22(14-18)30(17-25(21)8-9-25)24-27-15-20(16-28-24)26-19-4-2-1-3-5-19/h1-7,14-16,26H,8-13,17H2. The summed E-state index contributed by atoms with van der Waals surface area (Å²) in [4.78, 5) is 26.6. The third-order valence-electron chi connectivity index (χ3n) is 6.90. The molecule has 0 radical (unpaired) electrons. The SMILES string of the molecule is O=C(c1ccc2c(c1)N(c1ncc(Bc3ccccc3)cn1)CC21CC1)N1CCOCC1. The number of benzene rings is 2. The van der Waals surface area contributed by atoms with Gasteiger partial charge in [0.05, 0.1) is 13.2 Å². The number of hydrogen-bond donors (Lipinski definition) is 0. The maximum absolute atomic E-state index is 13.1. The maximum Gasteiger partial charge on any atom is 0.254 e. The van der Waals surface area contributed by atoms with E-state index in [1.54, 1.807) is 0 Å². The number of fused-ring (bicyclic) bond motifs is 2. The first kappa shape index (κ1) is 19.5. The van der Waals surface area contributed by atoms with Crippen LogP contribution in [0.5, 0.6) is 0 Å². The molecule has 3 heterocycles. The van der Waals surface area contributed by atoms with Gasteiger partial charge >= 0.3 is 0 Å². The highest BCUT2D eigenvalue weighted by Crippen LogP contribution is 2.57. The van der Waals surface area contributed by atoms with Gasteiger partial charge < -0.3 is 14.5 Å². The minimum atomic E-state index is 0.0759. The minimum absolute atomic E-state index is 0.0759. The molecule has 1 aromatic heterocycles. The molecule has 32 heavy (non-hydrogen) atoms. The molecular formula is C25H25BN4O2. The lowest BCUT2D eigenvalue weighted by molar-refractivity contribution is 0.0303. The topological polar surface area (TPSA) is 58.6 Å². The zero-order valence-electron chi connectivity index (χ0n) is 18.0. The molecule has 1 amide bonds. The smallest absolute Gasteiger partial charge is 0.254 e. The maximum atomic E-state index is 13.1. The van der Waals surface area contributed by atoms with Crippen LogP contribution in [0.25, 0.3) is 0 Å². The van der Waals surface area contributed by atoms with Crippen LogP contribution >= 0.6 is 0 Å². The molecule has 1 spiro atoms. The number of ether oxygens (including phenoxy) is 1. The number of amides is 1. The number of nitrogens with zero attached hydrogens (tertiary/aromatic N) is 4. The summed E-state index contributed by atoms with van der Waals surface area (Å²) in [5.41, 5.74) is 5.68. The van der Waals surface area contributed by atoms with Crippen molar-refractivity contribution in [2.75, 3.05) is 37.7 Å². The molecule has 6 rings (SSSR count). The second kappa shape index (κ2) is 7.75. The van der Waals surface area contributed by atoms with Crippen molar-refractivity contribution < 1.29 is 9.53 Å². The van der Waals surface area contributed by atoms with E-state index in [1.807, 2.05) is 35.5 Å². The van der Waals surface area contributed by atoms with Crippen LogP contribution in [0.15, 0.2) is 60.9 Å². The minimum Gasteiger partial charge on any atom is -0.378 e. The van der Waals surface area contributed by atoms with Crippen LogP contribution < -0.4 is 15.8 Å². The van der Waals surface area contributed by atoms with E-state index in [0.29, 0.717) is 32.3 Å². The number of hydrogen-bond acceptors (Lipinski definition) is 5. The normalized spacial score (nSPS) is 18.5. The molecule has 0 bridgehead atoms. The quantitative estimate of drug-likeness (QED) is 0.595. The van der Waals surface area contributed by atoms with Crippen molar-refractivity contribution in [1.82, 2.24) is 14.9 Å². The Morgan fingerprint density at radius 2 is 1.72 bits per heavy atom. The van der Waals surface area contributed by atoms with Crippen LogP contribution in [-0.2, 0) is 10.2 Å². The Balaban J connectivity index is 1.28. The molecule has 160 valence electrons. The lowest BCUT2D eigenvalue weighted by Crippen LogP contribution is -2.40. The van der Waals surface area contributed by atoms with Crippen LogP contribution in [0.4, 0.5) is 11.6 Å². The van der Waals surface area contributed by atoms with E-state index in [2.05, 4.69) is 35.2 Å². The van der Waals surface area contributed by atoms with Gasteiger partial charge in [-0.25, -0.2) is 9.97 Å². The molecule has 3 aliphatic rings. The van der Waals surface area contributed by atoms with E-state index in [9.17, 15) is 4.79 Å². The van der Waals surface area contributed by atoms with E-state index in [0.717, 1.165) is 30.5 Å². The third kappa shape index (κ3) is 3.46. The summed E-state index contributed by atoms with van der Waals surface area (Å²) in [6, 6.07) is 16.6. The second-order valence-electron chi connectivity index (χ2n) is 9.06. The average molecular weight is 424 g/mol. The molecule has 3 aromatic rings. The Morgan fingerprint density at radius 1 is 0.969 bits per heavy atom. The Hall–Kier alpha value is -3.19. The predicted molar refractivity (Wildman–Crippen MR) is 126 cm³/mol. The Kier molecular flexibility index (Phi) is 4.72. The number of anilines is 2. The second-order valence-corrected chi connectivity index (χ2v) is 9.06.